The fraction of sp³-hybridized carbons (Fsp3) is 0.571. The highest BCUT2D eigenvalue weighted by molar-refractivity contribution is 5.32. The molecular formula is C14H20N2O3. The highest BCUT2D eigenvalue weighted by atomic mass is 16.6. The number of likely N-dealkylation sites (tertiary alicyclic amines) is 1. The molecule has 0 amide bonds. The van der Waals surface area contributed by atoms with E-state index in [0.717, 1.165) is 38.0 Å². The van der Waals surface area contributed by atoms with Crippen molar-refractivity contribution in [2.45, 2.75) is 25.9 Å². The van der Waals surface area contributed by atoms with Gasteiger partial charge in [0.2, 0.25) is 0 Å². The molecule has 2 atom stereocenters. The lowest BCUT2D eigenvalue weighted by molar-refractivity contribution is -0.384. The molecule has 19 heavy (non-hydrogen) atoms. The Bertz CT molecular complexity index is 431. The molecule has 5 nitrogen and oxygen atoms in total. The minimum absolute atomic E-state index is 0.138. The Morgan fingerprint density at radius 2 is 2.16 bits per heavy atom. The van der Waals surface area contributed by atoms with E-state index in [0.29, 0.717) is 5.92 Å². The largest absolute Gasteiger partial charge is 0.393 e. The molecule has 0 bridgehead atoms. The number of nitro benzene ring substituents is 1. The average molecular weight is 264 g/mol. The monoisotopic (exact) mass is 264 g/mol. The van der Waals surface area contributed by atoms with Gasteiger partial charge in [-0.1, -0.05) is 12.1 Å². The second kappa shape index (κ2) is 6.12. The Hall–Kier alpha value is -1.46. The van der Waals surface area contributed by atoms with E-state index < -0.39 is 0 Å². The summed E-state index contributed by atoms with van der Waals surface area (Å²) in [6, 6.07) is 6.75. The molecule has 2 unspecified atom stereocenters. The van der Waals surface area contributed by atoms with E-state index in [-0.39, 0.29) is 16.7 Å². The Labute approximate surface area is 113 Å². The number of rotatable bonds is 5. The normalized spacial score (nSPS) is 21.5. The van der Waals surface area contributed by atoms with Crippen LogP contribution in [0.4, 0.5) is 5.69 Å². The van der Waals surface area contributed by atoms with E-state index in [1.54, 1.807) is 12.1 Å². The molecular weight excluding hydrogens is 244 g/mol. The number of aliphatic hydroxyl groups is 1. The first-order valence-electron chi connectivity index (χ1n) is 6.70. The third-order valence-corrected chi connectivity index (χ3v) is 3.85. The summed E-state index contributed by atoms with van der Waals surface area (Å²) in [5.41, 5.74) is 1.25. The lowest BCUT2D eigenvalue weighted by Gasteiger charge is -2.17. The third kappa shape index (κ3) is 3.75. The fourth-order valence-corrected chi connectivity index (χ4v) is 2.53. The first kappa shape index (κ1) is 14.0. The number of hydrogen-bond acceptors (Lipinski definition) is 4. The average Bonchev–Trinajstić information content (AvgIpc) is 2.86. The Kier molecular flexibility index (Phi) is 4.50. The van der Waals surface area contributed by atoms with Crippen LogP contribution >= 0.6 is 0 Å². The zero-order valence-corrected chi connectivity index (χ0v) is 11.2. The van der Waals surface area contributed by atoms with Crippen LogP contribution in [0, 0.1) is 16.0 Å². The van der Waals surface area contributed by atoms with Gasteiger partial charge in [0.1, 0.15) is 0 Å². The van der Waals surface area contributed by atoms with Gasteiger partial charge in [0.15, 0.2) is 0 Å². The molecule has 0 spiro atoms. The molecule has 0 aromatic heterocycles. The van der Waals surface area contributed by atoms with Crippen molar-refractivity contribution in [1.29, 1.82) is 0 Å². The van der Waals surface area contributed by atoms with Crippen molar-refractivity contribution in [1.82, 2.24) is 4.90 Å². The highest BCUT2D eigenvalue weighted by Gasteiger charge is 2.25. The number of aliphatic hydroxyl groups excluding tert-OH is 1. The molecule has 1 heterocycles. The lowest BCUT2D eigenvalue weighted by atomic mass is 10.0. The summed E-state index contributed by atoms with van der Waals surface area (Å²) < 4.78 is 0. The first-order valence-corrected chi connectivity index (χ1v) is 6.70. The van der Waals surface area contributed by atoms with Crippen molar-refractivity contribution in [2.24, 2.45) is 5.92 Å². The molecule has 1 N–H and O–H groups in total. The predicted octanol–water partition coefficient (Wildman–Crippen LogP) is 1.84. The Balaban J connectivity index is 1.81. The molecule has 1 fully saturated rings. The maximum absolute atomic E-state index is 10.6. The van der Waals surface area contributed by atoms with Gasteiger partial charge in [-0.25, -0.2) is 0 Å². The maximum atomic E-state index is 10.6. The topological polar surface area (TPSA) is 66.6 Å². The van der Waals surface area contributed by atoms with Gasteiger partial charge in [-0.2, -0.15) is 0 Å². The minimum Gasteiger partial charge on any atom is -0.393 e. The molecule has 0 radical (unpaired) electrons. The molecule has 1 aromatic rings. The van der Waals surface area contributed by atoms with Gasteiger partial charge in [0.25, 0.3) is 5.69 Å². The smallest absolute Gasteiger partial charge is 0.269 e. The van der Waals surface area contributed by atoms with Crippen LogP contribution in [-0.4, -0.2) is 40.7 Å². The fourth-order valence-electron chi connectivity index (χ4n) is 2.53. The van der Waals surface area contributed by atoms with Crippen LogP contribution < -0.4 is 0 Å². The number of benzene rings is 1. The molecule has 104 valence electrons. The van der Waals surface area contributed by atoms with E-state index in [1.165, 1.54) is 0 Å². The number of nitrogens with zero attached hydrogens (tertiary/aromatic N) is 2. The van der Waals surface area contributed by atoms with Crippen LogP contribution in [0.2, 0.25) is 0 Å². The molecule has 1 saturated heterocycles. The minimum atomic E-state index is -0.377. The van der Waals surface area contributed by atoms with Crippen LogP contribution in [0.1, 0.15) is 18.9 Å². The van der Waals surface area contributed by atoms with Crippen molar-refractivity contribution < 1.29 is 10.0 Å². The van der Waals surface area contributed by atoms with Gasteiger partial charge in [0, 0.05) is 25.2 Å². The third-order valence-electron chi connectivity index (χ3n) is 3.85. The van der Waals surface area contributed by atoms with Gasteiger partial charge in [-0.3, -0.25) is 10.1 Å². The van der Waals surface area contributed by atoms with Crippen molar-refractivity contribution in [2.75, 3.05) is 19.6 Å². The van der Waals surface area contributed by atoms with Crippen molar-refractivity contribution in [3.63, 3.8) is 0 Å². The summed E-state index contributed by atoms with van der Waals surface area (Å²) in [5, 5.41) is 20.1. The zero-order valence-electron chi connectivity index (χ0n) is 11.2. The van der Waals surface area contributed by atoms with E-state index in [9.17, 15) is 15.2 Å². The molecule has 5 heteroatoms. The van der Waals surface area contributed by atoms with Gasteiger partial charge >= 0.3 is 0 Å². The van der Waals surface area contributed by atoms with Crippen molar-refractivity contribution in [3.05, 3.63) is 39.9 Å². The Morgan fingerprint density at radius 3 is 2.68 bits per heavy atom. The standard InChI is InChI=1S/C14H20N2O3/c1-11(17)13-7-9-15(10-13)8-6-12-2-4-14(5-3-12)16(18)19/h2-5,11,13,17H,6-10H2,1H3. The maximum Gasteiger partial charge on any atom is 0.269 e. The second-order valence-corrected chi connectivity index (χ2v) is 5.26. The molecule has 0 aliphatic carbocycles. The van der Waals surface area contributed by atoms with Crippen LogP contribution in [-0.2, 0) is 6.42 Å². The Morgan fingerprint density at radius 1 is 1.47 bits per heavy atom. The van der Waals surface area contributed by atoms with Crippen LogP contribution in [0.15, 0.2) is 24.3 Å². The second-order valence-electron chi connectivity index (χ2n) is 5.26. The number of non-ortho nitro benzene ring substituents is 1. The van der Waals surface area contributed by atoms with E-state index in [2.05, 4.69) is 4.90 Å². The van der Waals surface area contributed by atoms with Crippen molar-refractivity contribution in [3.8, 4) is 0 Å². The quantitative estimate of drug-likeness (QED) is 0.651. The van der Waals surface area contributed by atoms with Gasteiger partial charge in [-0.05, 0) is 37.8 Å². The summed E-state index contributed by atoms with van der Waals surface area (Å²) in [6.07, 6.45) is 1.71. The lowest BCUT2D eigenvalue weighted by Crippen LogP contribution is -2.26. The summed E-state index contributed by atoms with van der Waals surface area (Å²) >= 11 is 0. The van der Waals surface area contributed by atoms with E-state index in [4.69, 9.17) is 0 Å². The summed E-state index contributed by atoms with van der Waals surface area (Å²) in [5.74, 6) is 0.386. The van der Waals surface area contributed by atoms with Gasteiger partial charge in [-0.15, -0.1) is 0 Å². The molecule has 1 aromatic carbocycles. The molecule has 1 aliphatic rings. The van der Waals surface area contributed by atoms with Crippen LogP contribution in [0.25, 0.3) is 0 Å². The molecule has 2 rings (SSSR count). The number of nitro groups is 1. The molecule has 1 aliphatic heterocycles. The predicted molar refractivity (Wildman–Crippen MR) is 73.0 cm³/mol. The summed E-state index contributed by atoms with van der Waals surface area (Å²) in [4.78, 5) is 12.5. The van der Waals surface area contributed by atoms with E-state index in [1.807, 2.05) is 19.1 Å². The molecule has 0 saturated carbocycles. The van der Waals surface area contributed by atoms with Crippen LogP contribution in [0.5, 0.6) is 0 Å². The summed E-state index contributed by atoms with van der Waals surface area (Å²) in [7, 11) is 0. The number of hydrogen-bond donors (Lipinski definition) is 1. The van der Waals surface area contributed by atoms with Crippen LogP contribution in [0.3, 0.4) is 0 Å². The van der Waals surface area contributed by atoms with Gasteiger partial charge < -0.3 is 10.0 Å². The van der Waals surface area contributed by atoms with E-state index >= 15 is 0 Å². The first-order chi connectivity index (χ1) is 9.06. The zero-order chi connectivity index (χ0) is 13.8. The highest BCUT2D eigenvalue weighted by Crippen LogP contribution is 2.20. The SMILES string of the molecule is CC(O)C1CCN(CCc2ccc([N+](=O)[O-])cc2)C1. The van der Waals surface area contributed by atoms with Gasteiger partial charge in [0.05, 0.1) is 11.0 Å². The summed E-state index contributed by atoms with van der Waals surface area (Å²) in [6.45, 7) is 4.78. The van der Waals surface area contributed by atoms with Crippen molar-refractivity contribution >= 4 is 5.69 Å².